The molecule has 1 saturated heterocycles. The quantitative estimate of drug-likeness (QED) is 0.844. The SMILES string of the molecule is O=C1NC2(CCCC2)C(=O)N1C[C@@H]1COc2ccccc2O1. The number of nitrogens with one attached hydrogen (secondary N) is 1. The largest absolute Gasteiger partial charge is 0.486 e. The zero-order valence-corrected chi connectivity index (χ0v) is 12.2. The Morgan fingerprint density at radius 1 is 1.18 bits per heavy atom. The number of ether oxygens (including phenoxy) is 2. The summed E-state index contributed by atoms with van der Waals surface area (Å²) in [7, 11) is 0. The molecule has 6 nitrogen and oxygen atoms in total. The maximum atomic E-state index is 12.6. The summed E-state index contributed by atoms with van der Waals surface area (Å²) in [5.74, 6) is 1.24. The van der Waals surface area contributed by atoms with Crippen LogP contribution in [0.5, 0.6) is 11.5 Å². The first kappa shape index (κ1) is 13.4. The Balaban J connectivity index is 1.48. The Kier molecular flexibility index (Phi) is 2.99. The molecule has 0 unspecified atom stereocenters. The van der Waals surface area contributed by atoms with E-state index in [2.05, 4.69) is 5.32 Å². The Labute approximate surface area is 128 Å². The molecule has 6 heteroatoms. The fraction of sp³-hybridized carbons (Fsp3) is 0.500. The number of urea groups is 1. The summed E-state index contributed by atoms with van der Waals surface area (Å²) in [5.41, 5.74) is -0.662. The van der Waals surface area contributed by atoms with Gasteiger partial charge in [0.2, 0.25) is 0 Å². The van der Waals surface area contributed by atoms with E-state index in [0.717, 1.165) is 25.7 Å². The van der Waals surface area contributed by atoms with Crippen molar-refractivity contribution < 1.29 is 19.1 Å². The van der Waals surface area contributed by atoms with Gasteiger partial charge in [-0.1, -0.05) is 25.0 Å². The van der Waals surface area contributed by atoms with E-state index >= 15 is 0 Å². The number of para-hydroxylation sites is 2. The number of carbonyl (C=O) groups excluding carboxylic acids is 2. The van der Waals surface area contributed by atoms with E-state index in [4.69, 9.17) is 9.47 Å². The summed E-state index contributed by atoms with van der Waals surface area (Å²) >= 11 is 0. The molecule has 0 aromatic heterocycles. The average molecular weight is 302 g/mol. The van der Waals surface area contributed by atoms with Crippen LogP contribution in [0.2, 0.25) is 0 Å². The molecule has 2 aliphatic heterocycles. The van der Waals surface area contributed by atoms with Gasteiger partial charge in [0.25, 0.3) is 5.91 Å². The summed E-state index contributed by atoms with van der Waals surface area (Å²) in [5, 5.41) is 2.88. The van der Waals surface area contributed by atoms with E-state index < -0.39 is 5.54 Å². The summed E-state index contributed by atoms with van der Waals surface area (Å²) < 4.78 is 11.5. The third kappa shape index (κ3) is 2.01. The lowest BCUT2D eigenvalue weighted by Crippen LogP contribution is -2.46. The third-order valence-corrected chi connectivity index (χ3v) is 4.66. The number of rotatable bonds is 2. The molecule has 1 N–H and O–H groups in total. The highest BCUT2D eigenvalue weighted by molar-refractivity contribution is 6.07. The molecule has 22 heavy (non-hydrogen) atoms. The molecule has 4 rings (SSSR count). The van der Waals surface area contributed by atoms with Crippen LogP contribution >= 0.6 is 0 Å². The fourth-order valence-corrected chi connectivity index (χ4v) is 3.52. The molecule has 3 amide bonds. The highest BCUT2D eigenvalue weighted by Crippen LogP contribution is 2.36. The second-order valence-corrected chi connectivity index (χ2v) is 6.13. The molecule has 2 heterocycles. The van der Waals surface area contributed by atoms with Crippen molar-refractivity contribution >= 4 is 11.9 Å². The first-order chi connectivity index (χ1) is 10.7. The monoisotopic (exact) mass is 302 g/mol. The zero-order valence-electron chi connectivity index (χ0n) is 12.2. The van der Waals surface area contributed by atoms with E-state index in [1.807, 2.05) is 24.3 Å². The molecule has 1 aromatic rings. The van der Waals surface area contributed by atoms with Gasteiger partial charge in [0.1, 0.15) is 12.1 Å². The van der Waals surface area contributed by atoms with Gasteiger partial charge in [0.05, 0.1) is 6.54 Å². The van der Waals surface area contributed by atoms with Crippen molar-refractivity contribution in [3.8, 4) is 11.5 Å². The Bertz CT molecular complexity index is 624. The smallest absolute Gasteiger partial charge is 0.325 e. The van der Waals surface area contributed by atoms with Crippen molar-refractivity contribution in [3.63, 3.8) is 0 Å². The molecule has 1 spiro atoms. The predicted octanol–water partition coefficient (Wildman–Crippen LogP) is 1.69. The van der Waals surface area contributed by atoms with Crippen molar-refractivity contribution in [2.24, 2.45) is 0 Å². The van der Waals surface area contributed by atoms with Crippen molar-refractivity contribution in [1.29, 1.82) is 0 Å². The van der Waals surface area contributed by atoms with Gasteiger partial charge >= 0.3 is 6.03 Å². The number of imide groups is 1. The minimum Gasteiger partial charge on any atom is -0.486 e. The van der Waals surface area contributed by atoms with Crippen molar-refractivity contribution in [2.75, 3.05) is 13.2 Å². The number of fused-ring (bicyclic) bond motifs is 1. The number of nitrogens with zero attached hydrogens (tertiary/aromatic N) is 1. The first-order valence-electron chi connectivity index (χ1n) is 7.71. The van der Waals surface area contributed by atoms with Gasteiger partial charge in [-0.15, -0.1) is 0 Å². The number of carbonyl (C=O) groups is 2. The average Bonchev–Trinajstić information content (AvgIpc) is 3.09. The van der Waals surface area contributed by atoms with Gasteiger partial charge in [0, 0.05) is 0 Å². The predicted molar refractivity (Wildman–Crippen MR) is 77.8 cm³/mol. The molecule has 1 aromatic carbocycles. The highest BCUT2D eigenvalue weighted by atomic mass is 16.6. The van der Waals surface area contributed by atoms with Crippen LogP contribution in [0.1, 0.15) is 25.7 Å². The lowest BCUT2D eigenvalue weighted by atomic mass is 9.98. The molecule has 0 bridgehead atoms. The lowest BCUT2D eigenvalue weighted by Gasteiger charge is -2.28. The molecule has 2 fully saturated rings. The van der Waals surface area contributed by atoms with Crippen LogP contribution in [-0.2, 0) is 4.79 Å². The van der Waals surface area contributed by atoms with E-state index in [9.17, 15) is 9.59 Å². The minimum absolute atomic E-state index is 0.113. The molecule has 3 aliphatic rings. The normalized spacial score (nSPS) is 25.6. The lowest BCUT2D eigenvalue weighted by molar-refractivity contribution is -0.132. The topological polar surface area (TPSA) is 67.9 Å². The highest BCUT2D eigenvalue weighted by Gasteiger charge is 2.52. The number of amides is 3. The maximum absolute atomic E-state index is 12.6. The van der Waals surface area contributed by atoms with Crippen LogP contribution in [0.15, 0.2) is 24.3 Å². The van der Waals surface area contributed by atoms with E-state index in [1.165, 1.54) is 4.90 Å². The van der Waals surface area contributed by atoms with Gasteiger partial charge < -0.3 is 14.8 Å². The van der Waals surface area contributed by atoms with Crippen molar-refractivity contribution in [2.45, 2.75) is 37.3 Å². The molecular weight excluding hydrogens is 284 g/mol. The summed E-state index contributed by atoms with van der Waals surface area (Å²) in [6.07, 6.45) is 3.10. The van der Waals surface area contributed by atoms with Crippen LogP contribution in [-0.4, -0.2) is 41.6 Å². The fourth-order valence-electron chi connectivity index (χ4n) is 3.52. The minimum atomic E-state index is -0.662. The van der Waals surface area contributed by atoms with Gasteiger partial charge in [-0.2, -0.15) is 0 Å². The molecule has 1 saturated carbocycles. The standard InChI is InChI=1S/C16H18N2O4/c19-14-16(7-3-4-8-16)17-15(20)18(14)9-11-10-21-12-5-1-2-6-13(12)22-11/h1-2,5-6,11H,3-4,7-10H2,(H,17,20)/t11-/m1/s1. The second kappa shape index (κ2) is 4.90. The molecule has 0 radical (unpaired) electrons. The number of hydrogen-bond acceptors (Lipinski definition) is 4. The zero-order chi connectivity index (χ0) is 15.2. The summed E-state index contributed by atoms with van der Waals surface area (Å²) in [4.78, 5) is 26.1. The molecule has 1 aliphatic carbocycles. The van der Waals surface area contributed by atoms with Gasteiger partial charge in [-0.05, 0) is 25.0 Å². The van der Waals surface area contributed by atoms with Gasteiger partial charge in [-0.3, -0.25) is 9.69 Å². The third-order valence-electron chi connectivity index (χ3n) is 4.66. The molecular formula is C16H18N2O4. The molecule has 1 atom stereocenters. The van der Waals surface area contributed by atoms with Crippen molar-refractivity contribution in [3.05, 3.63) is 24.3 Å². The number of hydrogen-bond donors (Lipinski definition) is 1. The van der Waals surface area contributed by atoms with Crippen LogP contribution in [0.4, 0.5) is 4.79 Å². The van der Waals surface area contributed by atoms with Crippen LogP contribution in [0.3, 0.4) is 0 Å². The van der Waals surface area contributed by atoms with E-state index in [0.29, 0.717) is 18.1 Å². The van der Waals surface area contributed by atoms with Crippen LogP contribution < -0.4 is 14.8 Å². The van der Waals surface area contributed by atoms with Gasteiger partial charge in [-0.25, -0.2) is 4.79 Å². The Morgan fingerprint density at radius 2 is 1.91 bits per heavy atom. The number of benzene rings is 1. The Morgan fingerprint density at radius 3 is 2.68 bits per heavy atom. The summed E-state index contributed by atoms with van der Waals surface area (Å²) in [6.45, 7) is 0.557. The molecule has 116 valence electrons. The van der Waals surface area contributed by atoms with Gasteiger partial charge in [0.15, 0.2) is 17.6 Å². The Hall–Kier alpha value is -2.24. The summed E-state index contributed by atoms with van der Waals surface area (Å²) in [6, 6.07) is 7.10. The second-order valence-electron chi connectivity index (χ2n) is 6.13. The first-order valence-corrected chi connectivity index (χ1v) is 7.71. The van der Waals surface area contributed by atoms with Crippen LogP contribution in [0.25, 0.3) is 0 Å². The van der Waals surface area contributed by atoms with E-state index in [-0.39, 0.29) is 24.6 Å². The van der Waals surface area contributed by atoms with Crippen LogP contribution in [0, 0.1) is 0 Å². The van der Waals surface area contributed by atoms with Crippen molar-refractivity contribution in [1.82, 2.24) is 10.2 Å². The maximum Gasteiger partial charge on any atom is 0.325 e. The van der Waals surface area contributed by atoms with E-state index in [1.54, 1.807) is 0 Å².